The van der Waals surface area contributed by atoms with Crippen LogP contribution in [-0.2, 0) is 21.7 Å². The van der Waals surface area contributed by atoms with Gasteiger partial charge >= 0.3 is 0 Å². The smallest absolute Gasteiger partial charge is 0.257 e. The molecular weight excluding hydrogens is 120 g/mol. The fraction of sp³-hybridized carbons (Fsp3) is 0. The van der Waals surface area contributed by atoms with Crippen molar-refractivity contribution in [1.82, 2.24) is 0 Å². The molecule has 2 nitrogen and oxygen atoms in total. The van der Waals surface area contributed by atoms with Gasteiger partial charge in [-0.1, -0.05) is 0 Å². The monoisotopic (exact) mass is 124 g/mol. The second-order valence-electron chi connectivity index (χ2n) is 0.519. The molecule has 0 spiro atoms. The first-order chi connectivity index (χ1) is 1.73. The molecular formula is CH4O2SiTi. The van der Waals surface area contributed by atoms with Crippen molar-refractivity contribution < 1.29 is 31.6 Å². The first-order valence-electron chi connectivity index (χ1n) is 0.928. The first kappa shape index (κ1) is 9.04. The van der Waals surface area contributed by atoms with E-state index in [0.29, 0.717) is 0 Å². The van der Waals surface area contributed by atoms with Gasteiger partial charge in [-0.2, -0.15) is 0 Å². The Balaban J connectivity index is 0. The fourth-order valence-corrected chi connectivity index (χ4v) is 0. The Morgan fingerprint density at radius 2 is 1.80 bits per heavy atom. The van der Waals surface area contributed by atoms with Crippen LogP contribution in [0.1, 0.15) is 0 Å². The van der Waals surface area contributed by atoms with Gasteiger partial charge in [0.05, 0.1) is 0 Å². The minimum atomic E-state index is -0.694. The van der Waals surface area contributed by atoms with Crippen molar-refractivity contribution in [3.8, 4) is 0 Å². The predicted molar refractivity (Wildman–Crippen MR) is 18.0 cm³/mol. The minimum Gasteiger partial charge on any atom is -0.486 e. The summed E-state index contributed by atoms with van der Waals surface area (Å²) in [5, 5.41) is 7.48. The zero-order valence-electron chi connectivity index (χ0n) is 2.86. The molecule has 0 heterocycles. The van der Waals surface area contributed by atoms with Gasteiger partial charge in [-0.25, -0.2) is 0 Å². The molecule has 0 amide bonds. The molecule has 28 valence electrons. The molecule has 0 atom stereocenters. The van der Waals surface area contributed by atoms with E-state index in [2.05, 4.69) is 0 Å². The van der Waals surface area contributed by atoms with Crippen molar-refractivity contribution in [3.05, 3.63) is 0 Å². The molecule has 0 rings (SSSR count). The van der Waals surface area contributed by atoms with Crippen LogP contribution in [0.5, 0.6) is 0 Å². The van der Waals surface area contributed by atoms with Gasteiger partial charge in [-0.3, -0.25) is 4.79 Å². The molecule has 0 saturated carbocycles. The zero-order chi connectivity index (χ0) is 3.58. The Morgan fingerprint density at radius 3 is 1.80 bits per heavy atom. The van der Waals surface area contributed by atoms with Crippen molar-refractivity contribution in [2.75, 3.05) is 0 Å². The molecule has 0 aromatic rings. The normalized spacial score (nSPS) is 5.60. The molecule has 5 heavy (non-hydrogen) atoms. The zero-order valence-corrected chi connectivity index (χ0v) is 6.42. The summed E-state index contributed by atoms with van der Waals surface area (Å²) in [6, 6.07) is 0. The van der Waals surface area contributed by atoms with E-state index in [9.17, 15) is 0 Å². The van der Waals surface area contributed by atoms with E-state index in [1.807, 2.05) is 0 Å². The first-order valence-corrected chi connectivity index (χ1v) is 1.93. The summed E-state index contributed by atoms with van der Waals surface area (Å²) in [6.07, 6.45) is 0. The molecule has 0 aliphatic heterocycles. The van der Waals surface area contributed by atoms with E-state index >= 15 is 0 Å². The molecule has 0 unspecified atom stereocenters. The predicted octanol–water partition coefficient (Wildman–Crippen LogP) is -0.973. The number of hydrogen-bond donors (Lipinski definition) is 1. The standard InChI is InChI=1S/CH4O2Si.Ti/c2-1(3)4;/h4H3,(H,2,3);. The summed E-state index contributed by atoms with van der Waals surface area (Å²) in [7, 11) is 0.265. The van der Waals surface area contributed by atoms with E-state index in [0.717, 1.165) is 0 Å². The second-order valence-corrected chi connectivity index (χ2v) is 1.37. The Kier molecular flexibility index (Phi) is 7.96. The van der Waals surface area contributed by atoms with Crippen LogP contribution >= 0.6 is 0 Å². The van der Waals surface area contributed by atoms with E-state index in [-0.39, 0.29) is 32.0 Å². The largest absolute Gasteiger partial charge is 0.486 e. The van der Waals surface area contributed by atoms with Crippen LogP contribution in [0.15, 0.2) is 0 Å². The third-order valence-corrected chi connectivity index (χ3v) is 0. The van der Waals surface area contributed by atoms with E-state index in [4.69, 9.17) is 9.90 Å². The van der Waals surface area contributed by atoms with Crippen LogP contribution < -0.4 is 0 Å². The van der Waals surface area contributed by atoms with Gasteiger partial charge in [0, 0.05) is 21.7 Å². The van der Waals surface area contributed by atoms with Crippen molar-refractivity contribution >= 4 is 15.8 Å². The van der Waals surface area contributed by atoms with Crippen LogP contribution in [0.25, 0.3) is 0 Å². The summed E-state index contributed by atoms with van der Waals surface area (Å²) in [5.74, 6) is 0. The maximum absolute atomic E-state index is 9.06. The molecule has 0 fully saturated rings. The van der Waals surface area contributed by atoms with Gasteiger partial charge in [-0.15, -0.1) is 0 Å². The van der Waals surface area contributed by atoms with Crippen molar-refractivity contribution in [2.45, 2.75) is 0 Å². The molecule has 0 saturated heterocycles. The average molecular weight is 124 g/mol. The summed E-state index contributed by atoms with van der Waals surface area (Å²) < 4.78 is 0. The van der Waals surface area contributed by atoms with E-state index < -0.39 is 5.59 Å². The van der Waals surface area contributed by atoms with Gasteiger partial charge in [-0.05, 0) is 0 Å². The van der Waals surface area contributed by atoms with Gasteiger partial charge in [0.1, 0.15) is 10.2 Å². The number of carbonyl (C=O) groups is 1. The molecule has 0 bridgehead atoms. The number of hydrogen-bond acceptors (Lipinski definition) is 1. The number of carboxylic acid groups (broad SMARTS) is 1. The molecule has 1 N–H and O–H groups in total. The Labute approximate surface area is 47.9 Å². The number of rotatable bonds is 0. The van der Waals surface area contributed by atoms with Gasteiger partial charge in [0.2, 0.25) is 0 Å². The van der Waals surface area contributed by atoms with Gasteiger partial charge in [0.25, 0.3) is 5.59 Å². The Bertz CT molecular complexity index is 32.6. The van der Waals surface area contributed by atoms with Gasteiger partial charge in [0.15, 0.2) is 0 Å². The Hall–Kier alpha value is 0.401. The summed E-state index contributed by atoms with van der Waals surface area (Å²) in [4.78, 5) is 9.06. The molecule has 0 radical (unpaired) electrons. The fourth-order valence-electron chi connectivity index (χ4n) is 0. The third kappa shape index (κ3) is 158. The molecule has 0 aliphatic rings. The van der Waals surface area contributed by atoms with E-state index in [1.54, 1.807) is 0 Å². The topological polar surface area (TPSA) is 37.3 Å². The molecule has 0 aliphatic carbocycles. The summed E-state index contributed by atoms with van der Waals surface area (Å²) in [6.45, 7) is 0. The summed E-state index contributed by atoms with van der Waals surface area (Å²) in [5.41, 5.74) is -0.694. The maximum Gasteiger partial charge on any atom is 0.257 e. The summed E-state index contributed by atoms with van der Waals surface area (Å²) >= 11 is 0. The quantitative estimate of drug-likeness (QED) is 0.422. The maximum atomic E-state index is 9.06. The minimum absolute atomic E-state index is 0. The van der Waals surface area contributed by atoms with Gasteiger partial charge < -0.3 is 5.11 Å². The van der Waals surface area contributed by atoms with Crippen LogP contribution in [0.4, 0.5) is 4.79 Å². The van der Waals surface area contributed by atoms with Crippen molar-refractivity contribution in [1.29, 1.82) is 0 Å². The van der Waals surface area contributed by atoms with Crippen LogP contribution in [0.2, 0.25) is 0 Å². The van der Waals surface area contributed by atoms with Crippen molar-refractivity contribution in [3.63, 3.8) is 0 Å². The molecule has 0 aromatic heterocycles. The molecule has 4 heteroatoms. The Morgan fingerprint density at radius 1 is 1.80 bits per heavy atom. The second kappa shape index (κ2) is 4.40. The SMILES string of the molecule is O=C(O)[SiH3].[Ti]. The van der Waals surface area contributed by atoms with Crippen molar-refractivity contribution in [2.24, 2.45) is 0 Å². The third-order valence-electron chi connectivity index (χ3n) is 0. The average Bonchev–Trinajstić information content (AvgIpc) is 0.811. The molecule has 0 aromatic carbocycles. The van der Waals surface area contributed by atoms with E-state index in [1.165, 1.54) is 0 Å². The van der Waals surface area contributed by atoms with Crippen LogP contribution in [0.3, 0.4) is 0 Å². The van der Waals surface area contributed by atoms with Crippen LogP contribution in [0, 0.1) is 0 Å². The van der Waals surface area contributed by atoms with Crippen LogP contribution in [-0.4, -0.2) is 20.9 Å².